The van der Waals surface area contributed by atoms with Crippen LogP contribution in [0.25, 0.3) is 100 Å². The van der Waals surface area contributed by atoms with Gasteiger partial charge in [0, 0.05) is 50.2 Å². The van der Waals surface area contributed by atoms with E-state index in [1.807, 2.05) is 54.7 Å². The van der Waals surface area contributed by atoms with E-state index in [4.69, 9.17) is 19.4 Å². The van der Waals surface area contributed by atoms with Gasteiger partial charge >= 0.3 is 0 Å². The molecule has 6 aromatic carbocycles. The Morgan fingerprint density at radius 2 is 1.12 bits per heavy atom. The van der Waals surface area contributed by atoms with Crippen molar-refractivity contribution < 1.29 is 4.42 Å². The molecule has 5 heteroatoms. The maximum Gasteiger partial charge on any atom is 0.162 e. The predicted molar refractivity (Wildman–Crippen MR) is 207 cm³/mol. The molecule has 0 radical (unpaired) electrons. The highest BCUT2D eigenvalue weighted by Crippen LogP contribution is 2.40. The first-order valence-corrected chi connectivity index (χ1v) is 17.0. The van der Waals surface area contributed by atoms with Gasteiger partial charge in [-0.2, -0.15) is 0 Å². The quantitative estimate of drug-likeness (QED) is 0.185. The van der Waals surface area contributed by atoms with Crippen LogP contribution in [0.2, 0.25) is 0 Å². The highest BCUT2D eigenvalue weighted by atomic mass is 16.3. The Labute approximate surface area is 293 Å². The molecule has 238 valence electrons. The first-order chi connectivity index (χ1) is 25.3. The summed E-state index contributed by atoms with van der Waals surface area (Å²) in [5.41, 5.74) is 13.3. The van der Waals surface area contributed by atoms with Crippen LogP contribution >= 0.6 is 0 Å². The molecule has 0 aliphatic heterocycles. The van der Waals surface area contributed by atoms with Gasteiger partial charge in [0.15, 0.2) is 11.4 Å². The van der Waals surface area contributed by atoms with Crippen molar-refractivity contribution in [1.29, 1.82) is 0 Å². The van der Waals surface area contributed by atoms with Crippen LogP contribution < -0.4 is 0 Å². The Morgan fingerprint density at radius 3 is 2.00 bits per heavy atom. The Balaban J connectivity index is 1.13. The summed E-state index contributed by atoms with van der Waals surface area (Å²) in [6.45, 7) is 0. The minimum absolute atomic E-state index is 0.671. The molecule has 0 amide bonds. The van der Waals surface area contributed by atoms with Gasteiger partial charge in [0.1, 0.15) is 11.1 Å². The van der Waals surface area contributed by atoms with Gasteiger partial charge in [0.25, 0.3) is 0 Å². The van der Waals surface area contributed by atoms with Crippen LogP contribution in [0.5, 0.6) is 0 Å². The van der Waals surface area contributed by atoms with Crippen LogP contribution in [0.3, 0.4) is 0 Å². The van der Waals surface area contributed by atoms with Crippen molar-refractivity contribution in [3.63, 3.8) is 0 Å². The summed E-state index contributed by atoms with van der Waals surface area (Å²) in [6, 6.07) is 56.1. The van der Waals surface area contributed by atoms with E-state index in [0.29, 0.717) is 5.82 Å². The predicted octanol–water partition coefficient (Wildman–Crippen LogP) is 11.8. The summed E-state index contributed by atoms with van der Waals surface area (Å²) < 4.78 is 6.52. The normalized spacial score (nSPS) is 11.5. The summed E-state index contributed by atoms with van der Waals surface area (Å²) in [7, 11) is 0. The summed E-state index contributed by atoms with van der Waals surface area (Å²) in [5.74, 6) is 0.671. The molecule has 0 saturated heterocycles. The van der Waals surface area contributed by atoms with Crippen molar-refractivity contribution in [2.45, 2.75) is 0 Å². The van der Waals surface area contributed by atoms with Crippen molar-refractivity contribution in [2.75, 3.05) is 0 Å². The second kappa shape index (κ2) is 11.9. The zero-order chi connectivity index (χ0) is 33.7. The minimum atomic E-state index is 0.671. The van der Waals surface area contributed by atoms with E-state index in [1.54, 1.807) is 0 Å². The van der Waals surface area contributed by atoms with Crippen LogP contribution in [0, 0.1) is 0 Å². The highest BCUT2D eigenvalue weighted by molar-refractivity contribution is 6.15. The molecule has 0 unspecified atom stereocenters. The third-order valence-electron chi connectivity index (χ3n) is 9.53. The van der Waals surface area contributed by atoms with Crippen molar-refractivity contribution in [1.82, 2.24) is 19.9 Å². The van der Waals surface area contributed by atoms with E-state index >= 15 is 0 Å². The third kappa shape index (κ3) is 5.03. The molecule has 10 rings (SSSR count). The van der Waals surface area contributed by atoms with Gasteiger partial charge < -0.3 is 4.42 Å². The van der Waals surface area contributed by atoms with E-state index in [-0.39, 0.29) is 0 Å². The molecule has 0 aliphatic rings. The molecule has 4 aromatic heterocycles. The van der Waals surface area contributed by atoms with Crippen molar-refractivity contribution in [3.8, 4) is 56.2 Å². The van der Waals surface area contributed by atoms with Crippen molar-refractivity contribution in [3.05, 3.63) is 170 Å². The number of aromatic nitrogens is 4. The molecule has 0 fully saturated rings. The SMILES string of the molecule is c1ccc(-c2nc(-c3ccc(-c4cccc5cccnc45)cc3)cc(-c3cccc(-c4c5ccccc5nc5c4oc4ccccc45)c3)n2)cc1. The summed E-state index contributed by atoms with van der Waals surface area (Å²) >= 11 is 0. The summed E-state index contributed by atoms with van der Waals surface area (Å²) in [6.07, 6.45) is 1.85. The first-order valence-electron chi connectivity index (χ1n) is 17.0. The lowest BCUT2D eigenvalue weighted by atomic mass is 9.96. The second-order valence-corrected chi connectivity index (χ2v) is 12.6. The van der Waals surface area contributed by atoms with Crippen LogP contribution in [0.1, 0.15) is 0 Å². The summed E-state index contributed by atoms with van der Waals surface area (Å²) in [5, 5.41) is 3.16. The van der Waals surface area contributed by atoms with E-state index in [2.05, 4.69) is 120 Å². The van der Waals surface area contributed by atoms with Gasteiger partial charge in [-0.3, -0.25) is 4.98 Å². The smallest absolute Gasteiger partial charge is 0.162 e. The first kappa shape index (κ1) is 29.0. The molecule has 0 atom stereocenters. The average molecular weight is 653 g/mol. The van der Waals surface area contributed by atoms with Crippen LogP contribution in [0.15, 0.2) is 174 Å². The van der Waals surface area contributed by atoms with Gasteiger partial charge in [-0.25, -0.2) is 15.0 Å². The lowest BCUT2D eigenvalue weighted by Crippen LogP contribution is -1.96. The number of para-hydroxylation sites is 3. The maximum absolute atomic E-state index is 6.52. The molecule has 0 spiro atoms. The van der Waals surface area contributed by atoms with E-state index in [0.717, 1.165) is 94.2 Å². The molecular weight excluding hydrogens is 625 g/mol. The monoisotopic (exact) mass is 652 g/mol. The van der Waals surface area contributed by atoms with Gasteiger partial charge in [0.05, 0.1) is 22.4 Å². The molecule has 51 heavy (non-hydrogen) atoms. The molecule has 0 saturated carbocycles. The molecule has 0 aliphatic carbocycles. The van der Waals surface area contributed by atoms with E-state index in [1.165, 1.54) is 0 Å². The fourth-order valence-electron chi connectivity index (χ4n) is 7.08. The fraction of sp³-hybridized carbons (Fsp3) is 0. The molecule has 0 bridgehead atoms. The zero-order valence-electron chi connectivity index (χ0n) is 27.4. The molecule has 10 aromatic rings. The molecular formula is C46H28N4O. The minimum Gasteiger partial charge on any atom is -0.454 e. The number of nitrogens with zero attached hydrogens (tertiary/aromatic N) is 4. The Morgan fingerprint density at radius 1 is 0.431 bits per heavy atom. The number of fused-ring (bicyclic) bond motifs is 5. The standard InChI is InChI=1S/C46H28N4O/c1-2-11-32(12-3-1)46-49-39(30-24-22-29(23-25-30)35-19-9-13-31-16-10-26-47-43(31)35)28-40(50-46)33-14-8-15-34(27-33)42-36-17-4-6-20-38(36)48-44-37-18-5-7-21-41(37)51-45(42)44/h1-28H. The largest absolute Gasteiger partial charge is 0.454 e. The number of hydrogen-bond acceptors (Lipinski definition) is 5. The van der Waals surface area contributed by atoms with Crippen LogP contribution in [-0.4, -0.2) is 19.9 Å². The number of pyridine rings is 2. The van der Waals surface area contributed by atoms with E-state index < -0.39 is 0 Å². The van der Waals surface area contributed by atoms with Gasteiger partial charge in [-0.1, -0.05) is 127 Å². The lowest BCUT2D eigenvalue weighted by Gasteiger charge is -2.12. The summed E-state index contributed by atoms with van der Waals surface area (Å²) in [4.78, 5) is 19.9. The van der Waals surface area contributed by atoms with Crippen LogP contribution in [0.4, 0.5) is 0 Å². The second-order valence-electron chi connectivity index (χ2n) is 12.6. The topological polar surface area (TPSA) is 64.7 Å². The number of rotatable bonds is 5. The average Bonchev–Trinajstić information content (AvgIpc) is 3.58. The van der Waals surface area contributed by atoms with Crippen molar-refractivity contribution in [2.24, 2.45) is 0 Å². The van der Waals surface area contributed by atoms with E-state index in [9.17, 15) is 0 Å². The lowest BCUT2D eigenvalue weighted by molar-refractivity contribution is 0.670. The van der Waals surface area contributed by atoms with Crippen LogP contribution in [-0.2, 0) is 0 Å². The number of benzene rings is 6. The third-order valence-corrected chi connectivity index (χ3v) is 9.53. The zero-order valence-corrected chi connectivity index (χ0v) is 27.4. The maximum atomic E-state index is 6.52. The Bertz CT molecular complexity index is 2910. The molecule has 0 N–H and O–H groups in total. The van der Waals surface area contributed by atoms with Gasteiger partial charge in [-0.05, 0) is 47.5 Å². The fourth-order valence-corrected chi connectivity index (χ4v) is 7.08. The Kier molecular flexibility index (Phi) is 6.74. The Hall–Kier alpha value is -6.98. The van der Waals surface area contributed by atoms with Gasteiger partial charge in [0.2, 0.25) is 0 Å². The molecule has 5 nitrogen and oxygen atoms in total. The van der Waals surface area contributed by atoms with Crippen molar-refractivity contribution >= 4 is 43.9 Å². The number of furan rings is 1. The van der Waals surface area contributed by atoms with Gasteiger partial charge in [-0.15, -0.1) is 0 Å². The molecule has 4 heterocycles. The number of hydrogen-bond donors (Lipinski definition) is 0. The highest BCUT2D eigenvalue weighted by Gasteiger charge is 2.19.